The first kappa shape index (κ1) is 14.5. The molecule has 1 fully saturated rings. The van der Waals surface area contributed by atoms with Crippen molar-refractivity contribution in [3.05, 3.63) is 29.3 Å². The summed E-state index contributed by atoms with van der Waals surface area (Å²) in [6.07, 6.45) is 0.169. The Morgan fingerprint density at radius 1 is 1.35 bits per heavy atom. The van der Waals surface area contributed by atoms with Crippen molar-refractivity contribution in [2.45, 2.75) is 32.7 Å². The van der Waals surface area contributed by atoms with Crippen molar-refractivity contribution in [3.63, 3.8) is 0 Å². The highest BCUT2D eigenvalue weighted by atomic mass is 32.1. The molecule has 1 aliphatic rings. The van der Waals surface area contributed by atoms with Gasteiger partial charge < -0.3 is 10.4 Å². The Morgan fingerprint density at radius 2 is 1.95 bits per heavy atom. The van der Waals surface area contributed by atoms with Crippen LogP contribution in [-0.2, 0) is 9.59 Å². The van der Waals surface area contributed by atoms with Gasteiger partial charge in [-0.3, -0.25) is 14.5 Å². The van der Waals surface area contributed by atoms with Gasteiger partial charge in [-0.1, -0.05) is 6.07 Å². The molecule has 1 aliphatic heterocycles. The summed E-state index contributed by atoms with van der Waals surface area (Å²) < 4.78 is 0. The van der Waals surface area contributed by atoms with Gasteiger partial charge in [0.1, 0.15) is 6.04 Å². The van der Waals surface area contributed by atoms with Gasteiger partial charge >= 0.3 is 5.97 Å². The summed E-state index contributed by atoms with van der Waals surface area (Å²) in [5.74, 6) is -1.11. The summed E-state index contributed by atoms with van der Waals surface area (Å²) in [7, 11) is 0. The molecule has 106 valence electrons. The zero-order chi connectivity index (χ0) is 14.9. The molecule has 20 heavy (non-hydrogen) atoms. The predicted molar refractivity (Wildman–Crippen MR) is 79.8 cm³/mol. The van der Waals surface area contributed by atoms with E-state index in [1.165, 1.54) is 4.90 Å². The molecule has 0 spiro atoms. The van der Waals surface area contributed by atoms with Crippen LogP contribution in [0.5, 0.6) is 0 Å². The lowest BCUT2D eigenvalue weighted by molar-refractivity contribution is -0.137. The van der Waals surface area contributed by atoms with Gasteiger partial charge in [0.2, 0.25) is 0 Å². The SMILES string of the molecule is Cc1cc(C)cc(N2C(=O)C(CCC(=O)O)NC2=S)c1. The Labute approximate surface area is 122 Å². The first-order valence-corrected chi connectivity index (χ1v) is 6.74. The number of amides is 1. The molecule has 5 nitrogen and oxygen atoms in total. The van der Waals surface area contributed by atoms with E-state index in [4.69, 9.17) is 17.3 Å². The number of hydrogen-bond acceptors (Lipinski definition) is 3. The van der Waals surface area contributed by atoms with Gasteiger partial charge in [-0.05, 0) is 55.7 Å². The second kappa shape index (κ2) is 5.58. The van der Waals surface area contributed by atoms with E-state index in [-0.39, 0.29) is 18.7 Å². The standard InChI is InChI=1S/C14H16N2O3S/c1-8-5-9(2)7-10(6-8)16-13(19)11(15-14(16)20)3-4-12(17)18/h5-7,11H,3-4H2,1-2H3,(H,15,20)(H,17,18). The fraction of sp³-hybridized carbons (Fsp3) is 0.357. The lowest BCUT2D eigenvalue weighted by Crippen LogP contribution is -2.31. The fourth-order valence-electron chi connectivity index (χ4n) is 2.32. The van der Waals surface area contributed by atoms with Crippen LogP contribution < -0.4 is 10.2 Å². The molecule has 0 saturated carbocycles. The van der Waals surface area contributed by atoms with Gasteiger partial charge in [-0.15, -0.1) is 0 Å². The number of thiocarbonyl (C=S) groups is 1. The number of rotatable bonds is 4. The van der Waals surface area contributed by atoms with E-state index >= 15 is 0 Å². The molecule has 2 rings (SSSR count). The zero-order valence-corrected chi connectivity index (χ0v) is 12.2. The van der Waals surface area contributed by atoms with Gasteiger partial charge in [0.25, 0.3) is 5.91 Å². The van der Waals surface area contributed by atoms with Crippen LogP contribution in [0.4, 0.5) is 5.69 Å². The third kappa shape index (κ3) is 2.96. The third-order valence-corrected chi connectivity index (χ3v) is 3.43. The Kier molecular flexibility index (Phi) is 4.04. The lowest BCUT2D eigenvalue weighted by atomic mass is 10.1. The van der Waals surface area contributed by atoms with Crippen LogP contribution in [-0.4, -0.2) is 28.1 Å². The maximum atomic E-state index is 12.3. The fourth-order valence-corrected chi connectivity index (χ4v) is 2.66. The number of carboxylic acid groups (broad SMARTS) is 1. The zero-order valence-electron chi connectivity index (χ0n) is 11.3. The van der Waals surface area contributed by atoms with E-state index in [9.17, 15) is 9.59 Å². The lowest BCUT2D eigenvalue weighted by Gasteiger charge is -2.16. The Hall–Kier alpha value is -1.95. The van der Waals surface area contributed by atoms with Crippen molar-refractivity contribution < 1.29 is 14.7 Å². The van der Waals surface area contributed by atoms with Crippen LogP contribution in [0.3, 0.4) is 0 Å². The third-order valence-electron chi connectivity index (χ3n) is 3.13. The largest absolute Gasteiger partial charge is 0.481 e. The molecule has 1 amide bonds. The number of carbonyl (C=O) groups excluding carboxylic acids is 1. The van der Waals surface area contributed by atoms with Crippen LogP contribution in [0.25, 0.3) is 0 Å². The second-order valence-electron chi connectivity index (χ2n) is 4.95. The van der Waals surface area contributed by atoms with Crippen molar-refractivity contribution in [2.24, 2.45) is 0 Å². The highest BCUT2D eigenvalue weighted by Crippen LogP contribution is 2.23. The highest BCUT2D eigenvalue weighted by Gasteiger charge is 2.36. The summed E-state index contributed by atoms with van der Waals surface area (Å²) in [6, 6.07) is 5.23. The molecule has 1 aromatic rings. The number of benzene rings is 1. The van der Waals surface area contributed by atoms with Gasteiger partial charge in [-0.2, -0.15) is 0 Å². The van der Waals surface area contributed by atoms with Crippen molar-refractivity contribution >= 4 is 34.9 Å². The molecule has 0 aromatic heterocycles. The summed E-state index contributed by atoms with van der Waals surface area (Å²) in [5.41, 5.74) is 2.82. The van der Waals surface area contributed by atoms with Crippen LogP contribution in [0.2, 0.25) is 0 Å². The van der Waals surface area contributed by atoms with Crippen LogP contribution in [0.1, 0.15) is 24.0 Å². The number of nitrogens with zero attached hydrogens (tertiary/aromatic N) is 1. The highest BCUT2D eigenvalue weighted by molar-refractivity contribution is 7.80. The van der Waals surface area contributed by atoms with Crippen LogP contribution in [0, 0.1) is 13.8 Å². The quantitative estimate of drug-likeness (QED) is 0.828. The predicted octanol–water partition coefficient (Wildman–Crippen LogP) is 1.76. The number of hydrogen-bond donors (Lipinski definition) is 2. The smallest absolute Gasteiger partial charge is 0.303 e. The molecule has 0 radical (unpaired) electrons. The Morgan fingerprint density at radius 3 is 2.50 bits per heavy atom. The molecule has 0 aliphatic carbocycles. The maximum absolute atomic E-state index is 12.3. The molecule has 6 heteroatoms. The van der Waals surface area contributed by atoms with Gasteiger partial charge in [0.15, 0.2) is 5.11 Å². The average molecular weight is 292 g/mol. The van der Waals surface area contributed by atoms with Crippen LogP contribution in [0.15, 0.2) is 18.2 Å². The number of carbonyl (C=O) groups is 2. The van der Waals surface area contributed by atoms with E-state index in [1.807, 2.05) is 32.0 Å². The summed E-state index contributed by atoms with van der Waals surface area (Å²) >= 11 is 5.19. The summed E-state index contributed by atoms with van der Waals surface area (Å²) in [6.45, 7) is 3.91. The normalized spacial score (nSPS) is 18.3. The summed E-state index contributed by atoms with van der Waals surface area (Å²) in [5, 5.41) is 11.9. The first-order valence-electron chi connectivity index (χ1n) is 6.33. The molecular weight excluding hydrogens is 276 g/mol. The number of carboxylic acids is 1. The minimum Gasteiger partial charge on any atom is -0.481 e. The number of anilines is 1. The topological polar surface area (TPSA) is 69.6 Å². The van der Waals surface area contributed by atoms with Crippen molar-refractivity contribution in [1.29, 1.82) is 0 Å². The van der Waals surface area contributed by atoms with Crippen molar-refractivity contribution in [2.75, 3.05) is 4.90 Å². The van der Waals surface area contributed by atoms with E-state index in [0.717, 1.165) is 16.8 Å². The van der Waals surface area contributed by atoms with Gasteiger partial charge in [-0.25, -0.2) is 0 Å². The molecule has 1 unspecified atom stereocenters. The molecule has 2 N–H and O–H groups in total. The maximum Gasteiger partial charge on any atom is 0.303 e. The van der Waals surface area contributed by atoms with E-state index < -0.39 is 12.0 Å². The van der Waals surface area contributed by atoms with E-state index in [1.54, 1.807) is 0 Å². The first-order chi connectivity index (χ1) is 9.38. The minimum absolute atomic E-state index is 0.0628. The minimum atomic E-state index is -0.921. The van der Waals surface area contributed by atoms with Gasteiger partial charge in [0, 0.05) is 6.42 Å². The molecule has 1 heterocycles. The van der Waals surface area contributed by atoms with Crippen molar-refractivity contribution in [1.82, 2.24) is 5.32 Å². The Bertz CT molecular complexity index is 566. The van der Waals surface area contributed by atoms with E-state index in [0.29, 0.717) is 5.11 Å². The molecule has 1 aromatic carbocycles. The molecule has 1 atom stereocenters. The Balaban J connectivity index is 2.22. The van der Waals surface area contributed by atoms with Crippen LogP contribution >= 0.6 is 12.2 Å². The number of nitrogens with one attached hydrogen (secondary N) is 1. The monoisotopic (exact) mass is 292 g/mol. The second-order valence-corrected chi connectivity index (χ2v) is 5.34. The number of aryl methyl sites for hydroxylation is 2. The number of aliphatic carboxylic acids is 1. The van der Waals surface area contributed by atoms with Gasteiger partial charge in [0.05, 0.1) is 5.69 Å². The van der Waals surface area contributed by atoms with Crippen molar-refractivity contribution in [3.8, 4) is 0 Å². The average Bonchev–Trinajstić information content (AvgIpc) is 2.60. The molecular formula is C14H16N2O3S. The molecule has 0 bridgehead atoms. The molecule has 1 saturated heterocycles. The van der Waals surface area contributed by atoms with E-state index in [2.05, 4.69) is 5.32 Å². The summed E-state index contributed by atoms with van der Waals surface area (Å²) in [4.78, 5) is 24.4.